The molecule has 0 bridgehead atoms. The Bertz CT molecular complexity index is 944. The molecule has 1 aromatic carbocycles. The summed E-state index contributed by atoms with van der Waals surface area (Å²) in [5.74, 6) is -0.736. The van der Waals surface area contributed by atoms with Crippen molar-refractivity contribution >= 4 is 57.6 Å². The molecule has 2 aliphatic rings. The molecular formula is C20H18Cl2N2O3S. The third kappa shape index (κ3) is 3.46. The first-order valence-electron chi connectivity index (χ1n) is 8.88. The van der Waals surface area contributed by atoms with Crippen LogP contribution >= 0.6 is 34.5 Å². The van der Waals surface area contributed by atoms with Crippen LogP contribution in [0.5, 0.6) is 0 Å². The first-order valence-corrected chi connectivity index (χ1v) is 10.5. The van der Waals surface area contributed by atoms with Crippen LogP contribution in [-0.2, 0) is 14.3 Å². The van der Waals surface area contributed by atoms with Crippen LogP contribution in [0.15, 0.2) is 41.4 Å². The monoisotopic (exact) mass is 436 g/mol. The fourth-order valence-corrected chi connectivity index (χ4v) is 5.00. The number of hydrogen-bond acceptors (Lipinski definition) is 5. The number of thiophene rings is 1. The predicted molar refractivity (Wildman–Crippen MR) is 112 cm³/mol. The summed E-state index contributed by atoms with van der Waals surface area (Å²) in [6, 6.07) is 8.43. The number of nitrogens with zero attached hydrogens (tertiary/aromatic N) is 2. The molecule has 2 atom stereocenters. The van der Waals surface area contributed by atoms with Crippen molar-refractivity contribution < 1.29 is 14.3 Å². The van der Waals surface area contributed by atoms with Crippen LogP contribution < -0.4 is 4.90 Å². The Morgan fingerprint density at radius 1 is 1.04 bits per heavy atom. The predicted octanol–water partition coefficient (Wildman–Crippen LogP) is 4.45. The molecule has 2 amide bonds. The molecule has 2 unspecified atom stereocenters. The fourth-order valence-electron chi connectivity index (χ4n) is 3.72. The van der Waals surface area contributed by atoms with Crippen molar-refractivity contribution in [3.05, 3.63) is 56.3 Å². The maximum Gasteiger partial charge on any atom is 0.282 e. The highest BCUT2D eigenvalue weighted by Gasteiger charge is 2.44. The summed E-state index contributed by atoms with van der Waals surface area (Å²) >= 11 is 13.7. The molecule has 1 fully saturated rings. The van der Waals surface area contributed by atoms with Gasteiger partial charge in [-0.3, -0.25) is 9.59 Å². The third-order valence-corrected chi connectivity index (χ3v) is 5.99. The number of ether oxygens (including phenoxy) is 1. The van der Waals surface area contributed by atoms with E-state index in [1.54, 1.807) is 18.2 Å². The van der Waals surface area contributed by atoms with E-state index in [4.69, 9.17) is 27.9 Å². The number of morpholine rings is 1. The van der Waals surface area contributed by atoms with Crippen molar-refractivity contribution in [1.82, 2.24) is 4.90 Å². The van der Waals surface area contributed by atoms with Crippen LogP contribution in [-0.4, -0.2) is 42.0 Å². The largest absolute Gasteiger partial charge is 0.372 e. The summed E-state index contributed by atoms with van der Waals surface area (Å²) < 4.78 is 5.80. The second-order valence-electron chi connectivity index (χ2n) is 6.94. The molecule has 0 aliphatic carbocycles. The second-order valence-corrected chi connectivity index (χ2v) is 8.76. The highest BCUT2D eigenvalue weighted by Crippen LogP contribution is 2.38. The van der Waals surface area contributed by atoms with E-state index in [1.807, 2.05) is 36.3 Å². The highest BCUT2D eigenvalue weighted by atomic mass is 35.5. The van der Waals surface area contributed by atoms with Crippen LogP contribution in [0.2, 0.25) is 10.0 Å². The maximum absolute atomic E-state index is 13.4. The van der Waals surface area contributed by atoms with Gasteiger partial charge in [0, 0.05) is 28.0 Å². The van der Waals surface area contributed by atoms with E-state index in [1.165, 1.54) is 11.3 Å². The summed E-state index contributed by atoms with van der Waals surface area (Å²) in [5, 5.41) is 2.62. The Balaban J connectivity index is 1.82. The third-order valence-electron chi connectivity index (χ3n) is 4.67. The van der Waals surface area contributed by atoms with Gasteiger partial charge in [0.15, 0.2) is 0 Å². The molecule has 4 rings (SSSR count). The lowest BCUT2D eigenvalue weighted by atomic mass is 10.1. The first-order chi connectivity index (χ1) is 13.3. The minimum Gasteiger partial charge on any atom is -0.372 e. The van der Waals surface area contributed by atoms with Crippen molar-refractivity contribution in [2.24, 2.45) is 0 Å². The molecule has 0 spiro atoms. The average molecular weight is 437 g/mol. The van der Waals surface area contributed by atoms with E-state index in [9.17, 15) is 9.59 Å². The van der Waals surface area contributed by atoms with Gasteiger partial charge in [0.1, 0.15) is 5.70 Å². The van der Waals surface area contributed by atoms with Gasteiger partial charge in [0.25, 0.3) is 11.8 Å². The Kier molecular flexibility index (Phi) is 5.22. The van der Waals surface area contributed by atoms with Gasteiger partial charge >= 0.3 is 0 Å². The van der Waals surface area contributed by atoms with Crippen LogP contribution in [0.25, 0.3) is 5.57 Å². The van der Waals surface area contributed by atoms with Crippen LogP contribution in [0.1, 0.15) is 18.7 Å². The molecule has 1 saturated heterocycles. The van der Waals surface area contributed by atoms with Gasteiger partial charge in [-0.25, -0.2) is 4.90 Å². The first kappa shape index (κ1) is 19.5. The molecule has 2 aromatic rings. The zero-order chi connectivity index (χ0) is 20.0. The minimum atomic E-state index is -0.368. The Morgan fingerprint density at radius 2 is 1.68 bits per heavy atom. The minimum absolute atomic E-state index is 0.0431. The highest BCUT2D eigenvalue weighted by molar-refractivity contribution is 7.11. The van der Waals surface area contributed by atoms with E-state index in [0.717, 1.165) is 9.78 Å². The fraction of sp³-hybridized carbons (Fsp3) is 0.300. The molecule has 28 heavy (non-hydrogen) atoms. The van der Waals surface area contributed by atoms with E-state index in [0.29, 0.717) is 40.1 Å². The average Bonchev–Trinajstić information content (AvgIpc) is 3.19. The number of benzene rings is 1. The topological polar surface area (TPSA) is 49.9 Å². The quantitative estimate of drug-likeness (QED) is 0.666. The normalized spacial score (nSPS) is 23.1. The maximum atomic E-state index is 13.4. The van der Waals surface area contributed by atoms with Gasteiger partial charge in [0.2, 0.25) is 0 Å². The summed E-state index contributed by atoms with van der Waals surface area (Å²) in [4.78, 5) is 30.7. The SMILES string of the molecule is CC1CN(C2=C(c3cccs3)C(=O)N(c3cc(Cl)cc(Cl)c3)C2=O)CC(C)O1. The second kappa shape index (κ2) is 7.52. The van der Waals surface area contributed by atoms with E-state index < -0.39 is 0 Å². The van der Waals surface area contributed by atoms with Crippen molar-refractivity contribution in [2.75, 3.05) is 18.0 Å². The molecule has 0 N–H and O–H groups in total. The number of halogens is 2. The zero-order valence-electron chi connectivity index (χ0n) is 15.3. The molecule has 0 saturated carbocycles. The van der Waals surface area contributed by atoms with Gasteiger partial charge in [-0.05, 0) is 43.5 Å². The lowest BCUT2D eigenvalue weighted by molar-refractivity contribution is -0.121. The molecule has 2 aliphatic heterocycles. The smallest absolute Gasteiger partial charge is 0.282 e. The lowest BCUT2D eigenvalue weighted by Crippen LogP contribution is -2.47. The molecule has 5 nitrogen and oxygen atoms in total. The van der Waals surface area contributed by atoms with Crippen LogP contribution in [0, 0.1) is 0 Å². The zero-order valence-corrected chi connectivity index (χ0v) is 17.6. The molecule has 1 aromatic heterocycles. The number of amides is 2. The van der Waals surface area contributed by atoms with E-state index in [-0.39, 0.29) is 24.0 Å². The Labute approximate surface area is 177 Å². The van der Waals surface area contributed by atoms with Gasteiger partial charge in [-0.1, -0.05) is 29.3 Å². The van der Waals surface area contributed by atoms with Crippen molar-refractivity contribution in [3.8, 4) is 0 Å². The number of anilines is 1. The Hall–Kier alpha value is -1.86. The summed E-state index contributed by atoms with van der Waals surface area (Å²) in [6.07, 6.45) is -0.0863. The van der Waals surface area contributed by atoms with Crippen LogP contribution in [0.4, 0.5) is 5.69 Å². The standard InChI is InChI=1S/C20H18Cl2N2O3S/c1-11-9-23(10-12(2)27-11)18-17(16-4-3-5-28-16)19(25)24(20(18)26)15-7-13(21)6-14(22)8-15/h3-8,11-12H,9-10H2,1-2H3. The molecule has 146 valence electrons. The van der Waals surface area contributed by atoms with Crippen LogP contribution in [0.3, 0.4) is 0 Å². The van der Waals surface area contributed by atoms with E-state index >= 15 is 0 Å². The Morgan fingerprint density at radius 3 is 2.25 bits per heavy atom. The van der Waals surface area contributed by atoms with Crippen molar-refractivity contribution in [2.45, 2.75) is 26.1 Å². The summed E-state index contributed by atoms with van der Waals surface area (Å²) in [7, 11) is 0. The number of rotatable bonds is 3. The number of carbonyl (C=O) groups excluding carboxylic acids is 2. The molecule has 0 radical (unpaired) electrons. The molecular weight excluding hydrogens is 419 g/mol. The molecule has 3 heterocycles. The van der Waals surface area contributed by atoms with E-state index in [2.05, 4.69) is 0 Å². The summed E-state index contributed by atoms with van der Waals surface area (Å²) in [5.41, 5.74) is 1.19. The van der Waals surface area contributed by atoms with Crippen molar-refractivity contribution in [1.29, 1.82) is 0 Å². The van der Waals surface area contributed by atoms with Crippen molar-refractivity contribution in [3.63, 3.8) is 0 Å². The number of carbonyl (C=O) groups is 2. The van der Waals surface area contributed by atoms with Gasteiger partial charge in [-0.15, -0.1) is 11.3 Å². The van der Waals surface area contributed by atoms with Gasteiger partial charge in [0.05, 0.1) is 23.5 Å². The molecule has 8 heteroatoms. The number of hydrogen-bond donors (Lipinski definition) is 0. The number of imide groups is 1. The lowest BCUT2D eigenvalue weighted by Gasteiger charge is -2.37. The summed E-state index contributed by atoms with van der Waals surface area (Å²) in [6.45, 7) is 5.00. The van der Waals surface area contributed by atoms with Gasteiger partial charge in [-0.2, -0.15) is 0 Å². The van der Waals surface area contributed by atoms with Gasteiger partial charge < -0.3 is 9.64 Å².